The molecule has 0 saturated heterocycles. The van der Waals surface area contributed by atoms with Crippen molar-refractivity contribution in [1.82, 2.24) is 4.90 Å². The number of amides is 2. The minimum Gasteiger partial charge on any atom is -0.345 e. The molecule has 0 aliphatic rings. The van der Waals surface area contributed by atoms with Gasteiger partial charge in [0.25, 0.3) is 11.8 Å². The maximum atomic E-state index is 13.8. The molecule has 7 heteroatoms. The van der Waals surface area contributed by atoms with Gasteiger partial charge in [-0.1, -0.05) is 17.7 Å². The monoisotopic (exact) mass is 376 g/mol. The van der Waals surface area contributed by atoms with Crippen molar-refractivity contribution < 1.29 is 14.0 Å². The highest BCUT2D eigenvalue weighted by Crippen LogP contribution is 2.29. The number of hydrogen-bond donors (Lipinski definition) is 1. The zero-order valence-electron chi connectivity index (χ0n) is 13.5. The third-order valence-corrected chi connectivity index (χ3v) is 5.03. The van der Waals surface area contributed by atoms with Crippen LogP contribution in [0.15, 0.2) is 42.5 Å². The first-order chi connectivity index (χ1) is 11.9. The second-order valence-corrected chi connectivity index (χ2v) is 7.10. The van der Waals surface area contributed by atoms with Crippen LogP contribution >= 0.6 is 22.9 Å². The lowest BCUT2D eigenvalue weighted by Crippen LogP contribution is -2.22. The van der Waals surface area contributed by atoms with E-state index in [1.807, 2.05) is 0 Å². The van der Waals surface area contributed by atoms with Crippen LogP contribution in [-0.4, -0.2) is 30.8 Å². The smallest absolute Gasteiger partial charge is 0.265 e. The van der Waals surface area contributed by atoms with E-state index in [4.69, 9.17) is 11.6 Å². The molecule has 4 nitrogen and oxygen atoms in total. The lowest BCUT2D eigenvalue weighted by atomic mass is 10.1. The lowest BCUT2D eigenvalue weighted by Gasteiger charge is -2.12. The van der Waals surface area contributed by atoms with Crippen molar-refractivity contribution >= 4 is 50.5 Å². The summed E-state index contributed by atoms with van der Waals surface area (Å²) in [4.78, 5) is 26.3. The first-order valence-corrected chi connectivity index (χ1v) is 8.57. The third kappa shape index (κ3) is 3.50. The van der Waals surface area contributed by atoms with Gasteiger partial charge in [-0.2, -0.15) is 0 Å². The van der Waals surface area contributed by atoms with Gasteiger partial charge < -0.3 is 10.2 Å². The van der Waals surface area contributed by atoms with E-state index in [0.717, 1.165) is 0 Å². The highest BCUT2D eigenvalue weighted by Gasteiger charge is 2.16. The molecule has 3 aromatic rings. The number of nitrogens with zero attached hydrogens (tertiary/aromatic N) is 1. The molecule has 0 unspecified atom stereocenters. The standard InChI is InChI=1S/C18H14ClFN2O2S/c1-22(2)18(24)10-6-7-12(19)14(8-10)21-17(23)16-9-11-13(20)4-3-5-15(11)25-16/h3-9H,1-2H3,(H,21,23). The number of fused-ring (bicyclic) bond motifs is 1. The molecule has 0 aliphatic heterocycles. The van der Waals surface area contributed by atoms with Crippen molar-refractivity contribution in [2.45, 2.75) is 0 Å². The van der Waals surface area contributed by atoms with Crippen molar-refractivity contribution in [2.24, 2.45) is 0 Å². The fourth-order valence-corrected chi connectivity index (χ4v) is 3.47. The normalized spacial score (nSPS) is 10.7. The van der Waals surface area contributed by atoms with Gasteiger partial charge in [-0.25, -0.2) is 4.39 Å². The Morgan fingerprint density at radius 3 is 2.60 bits per heavy atom. The number of carbonyl (C=O) groups excluding carboxylic acids is 2. The summed E-state index contributed by atoms with van der Waals surface area (Å²) in [7, 11) is 3.28. The fourth-order valence-electron chi connectivity index (χ4n) is 2.33. The maximum absolute atomic E-state index is 13.8. The number of nitrogens with one attached hydrogen (secondary N) is 1. The van der Waals surface area contributed by atoms with E-state index in [9.17, 15) is 14.0 Å². The number of thiophene rings is 1. The molecule has 0 bridgehead atoms. The molecular weight excluding hydrogens is 363 g/mol. The van der Waals surface area contributed by atoms with Gasteiger partial charge in [0.1, 0.15) is 5.82 Å². The van der Waals surface area contributed by atoms with Gasteiger partial charge in [-0.15, -0.1) is 11.3 Å². The van der Waals surface area contributed by atoms with Crippen molar-refractivity contribution in [3.8, 4) is 0 Å². The number of hydrogen-bond acceptors (Lipinski definition) is 3. The maximum Gasteiger partial charge on any atom is 0.265 e. The molecule has 1 heterocycles. The van der Waals surface area contributed by atoms with Gasteiger partial charge in [0, 0.05) is 29.7 Å². The molecule has 0 fully saturated rings. The number of halogens is 2. The molecule has 3 rings (SSSR count). The summed E-state index contributed by atoms with van der Waals surface area (Å²) in [5.41, 5.74) is 0.740. The summed E-state index contributed by atoms with van der Waals surface area (Å²) in [5.74, 6) is -0.975. The van der Waals surface area contributed by atoms with Crippen molar-refractivity contribution in [1.29, 1.82) is 0 Å². The van der Waals surface area contributed by atoms with E-state index < -0.39 is 5.91 Å². The number of benzene rings is 2. The Morgan fingerprint density at radius 1 is 1.16 bits per heavy atom. The van der Waals surface area contributed by atoms with E-state index in [0.29, 0.717) is 31.2 Å². The molecule has 0 aliphatic carbocycles. The predicted octanol–water partition coefficient (Wildman–Crippen LogP) is 4.65. The molecule has 0 saturated carbocycles. The summed E-state index contributed by atoms with van der Waals surface area (Å²) in [5, 5.41) is 3.41. The van der Waals surface area contributed by atoms with Crippen LogP contribution < -0.4 is 5.32 Å². The van der Waals surface area contributed by atoms with Crippen LogP contribution in [0.1, 0.15) is 20.0 Å². The summed E-state index contributed by atoms with van der Waals surface area (Å²) >= 11 is 7.31. The average molecular weight is 377 g/mol. The number of anilines is 1. The predicted molar refractivity (Wildman–Crippen MR) is 99.2 cm³/mol. The van der Waals surface area contributed by atoms with Gasteiger partial charge in [-0.05, 0) is 36.4 Å². The molecule has 0 atom stereocenters. The molecule has 1 aromatic heterocycles. The van der Waals surface area contributed by atoms with Gasteiger partial charge in [0.2, 0.25) is 0 Å². The van der Waals surface area contributed by atoms with Gasteiger partial charge >= 0.3 is 0 Å². The Labute approximate surface area is 152 Å². The van der Waals surface area contributed by atoms with Crippen LogP contribution in [0.4, 0.5) is 10.1 Å². The minimum atomic E-state index is -0.406. The molecule has 2 amide bonds. The van der Waals surface area contributed by atoms with Crippen molar-refractivity contribution in [3.63, 3.8) is 0 Å². The Hall–Kier alpha value is -2.44. The molecule has 2 aromatic carbocycles. The SMILES string of the molecule is CN(C)C(=O)c1ccc(Cl)c(NC(=O)c2cc3c(F)cccc3s2)c1. The van der Waals surface area contributed by atoms with Crippen molar-refractivity contribution in [2.75, 3.05) is 19.4 Å². The van der Waals surface area contributed by atoms with Gasteiger partial charge in [0.05, 0.1) is 15.6 Å². The Morgan fingerprint density at radius 2 is 1.92 bits per heavy atom. The Balaban J connectivity index is 1.90. The molecule has 0 spiro atoms. The topological polar surface area (TPSA) is 49.4 Å². The largest absolute Gasteiger partial charge is 0.345 e. The zero-order chi connectivity index (χ0) is 18.1. The van der Waals surface area contributed by atoms with Crippen molar-refractivity contribution in [3.05, 3.63) is 63.7 Å². The van der Waals surface area contributed by atoms with Gasteiger partial charge in [-0.3, -0.25) is 9.59 Å². The molecule has 25 heavy (non-hydrogen) atoms. The van der Waals surface area contributed by atoms with Crippen LogP contribution in [0.3, 0.4) is 0 Å². The second kappa shape index (κ2) is 6.82. The van der Waals surface area contributed by atoms with E-state index in [2.05, 4.69) is 5.32 Å². The van der Waals surface area contributed by atoms with Gasteiger partial charge in [0.15, 0.2) is 0 Å². The molecular formula is C18H14ClFN2O2S. The van der Waals surface area contributed by atoms with E-state index >= 15 is 0 Å². The molecule has 0 radical (unpaired) electrons. The van der Waals surface area contributed by atoms with Crippen LogP contribution in [0.2, 0.25) is 5.02 Å². The zero-order valence-corrected chi connectivity index (χ0v) is 15.0. The van der Waals surface area contributed by atoms with E-state index in [1.165, 1.54) is 34.4 Å². The molecule has 128 valence electrons. The third-order valence-electron chi connectivity index (χ3n) is 3.60. The Bertz CT molecular complexity index is 984. The van der Waals surface area contributed by atoms with Crippen LogP contribution in [0.5, 0.6) is 0 Å². The number of rotatable bonds is 3. The van der Waals surface area contributed by atoms with Crippen LogP contribution in [0.25, 0.3) is 10.1 Å². The Kier molecular flexibility index (Phi) is 4.74. The summed E-state index contributed by atoms with van der Waals surface area (Å²) < 4.78 is 14.5. The first kappa shape index (κ1) is 17.4. The van der Waals surface area contributed by atoms with E-state index in [1.54, 1.807) is 38.4 Å². The van der Waals surface area contributed by atoms with E-state index in [-0.39, 0.29) is 11.7 Å². The minimum absolute atomic E-state index is 0.198. The quantitative estimate of drug-likeness (QED) is 0.723. The highest BCUT2D eigenvalue weighted by molar-refractivity contribution is 7.20. The summed E-state index contributed by atoms with van der Waals surface area (Å²) in [6.07, 6.45) is 0. The highest BCUT2D eigenvalue weighted by atomic mass is 35.5. The molecule has 1 N–H and O–H groups in total. The average Bonchev–Trinajstić information content (AvgIpc) is 3.02. The number of carbonyl (C=O) groups is 2. The van der Waals surface area contributed by atoms with Crippen LogP contribution in [0, 0.1) is 5.82 Å². The van der Waals surface area contributed by atoms with Crippen LogP contribution in [-0.2, 0) is 0 Å². The summed E-state index contributed by atoms with van der Waals surface area (Å²) in [6.45, 7) is 0. The fraction of sp³-hybridized carbons (Fsp3) is 0.111. The summed E-state index contributed by atoms with van der Waals surface area (Å²) in [6, 6.07) is 10.9. The second-order valence-electron chi connectivity index (χ2n) is 5.61. The lowest BCUT2D eigenvalue weighted by molar-refractivity contribution is 0.0827. The first-order valence-electron chi connectivity index (χ1n) is 7.37.